The van der Waals surface area contributed by atoms with E-state index in [0.717, 1.165) is 30.2 Å². The monoisotopic (exact) mass is 541 g/mol. The fourth-order valence-electron chi connectivity index (χ4n) is 3.84. The topological polar surface area (TPSA) is 158 Å². The van der Waals surface area contributed by atoms with Crippen molar-refractivity contribution < 1.29 is 37.4 Å². The quantitative estimate of drug-likeness (QED) is 0.298. The van der Waals surface area contributed by atoms with E-state index < -0.39 is 61.7 Å². The van der Waals surface area contributed by atoms with Gasteiger partial charge in [0.2, 0.25) is 0 Å². The Morgan fingerprint density at radius 3 is 2.65 bits per heavy atom. The number of halogens is 1. The van der Waals surface area contributed by atoms with Crippen molar-refractivity contribution in [2.75, 3.05) is 6.61 Å². The number of aromatic amines is 1. The summed E-state index contributed by atoms with van der Waals surface area (Å²) < 4.78 is 51.8. The first kappa shape index (κ1) is 27.2. The van der Waals surface area contributed by atoms with E-state index in [1.165, 1.54) is 19.1 Å². The molecule has 2 fully saturated rings. The first-order valence-electron chi connectivity index (χ1n) is 11.7. The van der Waals surface area contributed by atoms with Crippen LogP contribution in [0.25, 0.3) is 0 Å². The molecule has 0 radical (unpaired) electrons. The molecule has 12 nitrogen and oxygen atoms in total. The number of alkyl halides is 1. The maximum atomic E-state index is 15.5. The Hall–Kier alpha value is -2.83. The summed E-state index contributed by atoms with van der Waals surface area (Å²) in [5.74, 6) is -0.241. The van der Waals surface area contributed by atoms with Gasteiger partial charge >= 0.3 is 19.4 Å². The molecular formula is C23H29FN3O9P. The van der Waals surface area contributed by atoms with Crippen LogP contribution in [0.15, 0.2) is 52.2 Å². The minimum absolute atomic E-state index is 0.163. The van der Waals surface area contributed by atoms with Gasteiger partial charge in [0.05, 0.1) is 6.61 Å². The molecule has 0 spiro atoms. The molecule has 0 bridgehead atoms. The van der Waals surface area contributed by atoms with Crippen molar-refractivity contribution >= 4 is 13.7 Å². The Morgan fingerprint density at radius 1 is 1.35 bits per heavy atom. The standard InChI is InChI=1S/C23H29FN3O9P/c1-13-11-16(13)34-20(30)14(2)26-37(32,36-15-7-5-4-6-8-15)33-12-17-19(29)23(3,24)21(35-17)27-10-9-18(28)25-22(27)31/h4-10,13-14,16-17,19,21,29H,11-12H2,1-3H3,(H,26,32)(H,25,28,31)/t13?,14-,16?,17+,19+,21+,23+,37+/m0/s1. The van der Waals surface area contributed by atoms with Crippen molar-refractivity contribution in [3.63, 3.8) is 0 Å². The van der Waals surface area contributed by atoms with Crippen LogP contribution >= 0.6 is 7.75 Å². The molecule has 4 rings (SSSR count). The van der Waals surface area contributed by atoms with Crippen molar-refractivity contribution in [1.29, 1.82) is 0 Å². The van der Waals surface area contributed by atoms with Crippen LogP contribution < -0.4 is 20.9 Å². The van der Waals surface area contributed by atoms with Gasteiger partial charge in [-0.25, -0.2) is 13.8 Å². The molecule has 2 aromatic rings. The number of para-hydroxylation sites is 1. The predicted octanol–water partition coefficient (Wildman–Crippen LogP) is 1.66. The molecule has 1 aromatic carbocycles. The van der Waals surface area contributed by atoms with Crippen LogP contribution in [0, 0.1) is 5.92 Å². The summed E-state index contributed by atoms with van der Waals surface area (Å²) in [4.78, 5) is 38.0. The van der Waals surface area contributed by atoms with Gasteiger partial charge in [0.1, 0.15) is 30.1 Å². The molecule has 1 aliphatic carbocycles. The number of aliphatic hydroxyl groups is 1. The third-order valence-corrected chi connectivity index (χ3v) is 7.85. The zero-order valence-corrected chi connectivity index (χ0v) is 21.3. The lowest BCUT2D eigenvalue weighted by atomic mass is 9.98. The Labute approximate surface area is 211 Å². The fraction of sp³-hybridized carbons (Fsp3) is 0.522. The van der Waals surface area contributed by atoms with E-state index in [1.807, 2.05) is 11.9 Å². The van der Waals surface area contributed by atoms with Crippen LogP contribution in [0.4, 0.5) is 4.39 Å². The second-order valence-corrected chi connectivity index (χ2v) is 11.1. The van der Waals surface area contributed by atoms with Gasteiger partial charge in [0.25, 0.3) is 5.56 Å². The summed E-state index contributed by atoms with van der Waals surface area (Å²) in [5, 5.41) is 13.1. The number of ether oxygens (including phenoxy) is 2. The number of carbonyl (C=O) groups excluding carboxylic acids is 1. The lowest BCUT2D eigenvalue weighted by Gasteiger charge is -2.25. The zero-order valence-electron chi connectivity index (χ0n) is 20.4. The average Bonchev–Trinajstić information content (AvgIpc) is 3.47. The molecule has 2 aliphatic rings. The average molecular weight is 541 g/mol. The lowest BCUT2D eigenvalue weighted by Crippen LogP contribution is -2.43. The summed E-state index contributed by atoms with van der Waals surface area (Å²) in [6, 6.07) is 7.94. The molecule has 14 heteroatoms. The van der Waals surface area contributed by atoms with E-state index in [0.29, 0.717) is 0 Å². The first-order valence-corrected chi connectivity index (χ1v) is 13.3. The van der Waals surface area contributed by atoms with E-state index in [1.54, 1.807) is 18.2 Å². The minimum atomic E-state index is -4.30. The van der Waals surface area contributed by atoms with Crippen molar-refractivity contribution in [2.24, 2.45) is 5.92 Å². The molecule has 2 heterocycles. The van der Waals surface area contributed by atoms with Crippen LogP contribution in [-0.2, 0) is 23.4 Å². The van der Waals surface area contributed by atoms with Gasteiger partial charge in [-0.3, -0.25) is 23.7 Å². The summed E-state index contributed by atoms with van der Waals surface area (Å²) in [6.07, 6.45) is -3.23. The molecule has 1 saturated carbocycles. The maximum absolute atomic E-state index is 15.5. The molecule has 1 aliphatic heterocycles. The lowest BCUT2D eigenvalue weighted by molar-refractivity contribution is -0.147. The predicted molar refractivity (Wildman–Crippen MR) is 128 cm³/mol. The number of benzene rings is 1. The number of esters is 1. The SMILES string of the molecule is CC1CC1OC(=O)[C@H](C)N[P@@](=O)(OC[C@H]1O[C@@H](n2ccc(=O)[nH]c2=O)[C@](C)(F)[C@@H]1O)Oc1ccccc1. The van der Waals surface area contributed by atoms with Crippen LogP contribution in [0.3, 0.4) is 0 Å². The number of H-pyrrole nitrogens is 1. The zero-order chi connectivity index (χ0) is 27.0. The third kappa shape index (κ3) is 6.19. The number of nitrogens with one attached hydrogen (secondary N) is 2. The number of nitrogens with zero attached hydrogens (tertiary/aromatic N) is 1. The van der Waals surface area contributed by atoms with Crippen molar-refractivity contribution in [3.05, 3.63) is 63.4 Å². The largest absolute Gasteiger partial charge is 0.461 e. The molecule has 202 valence electrons. The Balaban J connectivity index is 1.49. The number of aliphatic hydroxyl groups excluding tert-OH is 1. The smallest absolute Gasteiger partial charge is 0.459 e. The highest BCUT2D eigenvalue weighted by Gasteiger charge is 2.56. The van der Waals surface area contributed by atoms with Gasteiger partial charge in [-0.2, -0.15) is 5.09 Å². The molecule has 3 N–H and O–H groups in total. The molecule has 37 heavy (non-hydrogen) atoms. The number of rotatable bonds is 10. The molecule has 0 amide bonds. The fourth-order valence-corrected chi connectivity index (χ4v) is 5.34. The molecule has 1 aromatic heterocycles. The Bertz CT molecular complexity index is 1280. The molecule has 8 atom stereocenters. The van der Waals surface area contributed by atoms with E-state index in [9.17, 15) is 24.1 Å². The highest BCUT2D eigenvalue weighted by molar-refractivity contribution is 7.52. The minimum Gasteiger partial charge on any atom is -0.461 e. The number of hydrogen-bond donors (Lipinski definition) is 3. The van der Waals surface area contributed by atoms with E-state index >= 15 is 4.39 Å². The van der Waals surface area contributed by atoms with E-state index in [-0.39, 0.29) is 17.8 Å². The summed E-state index contributed by atoms with van der Waals surface area (Å²) in [5.41, 5.74) is -4.10. The second-order valence-electron chi connectivity index (χ2n) is 9.38. The van der Waals surface area contributed by atoms with Gasteiger partial charge in [-0.15, -0.1) is 0 Å². The highest BCUT2D eigenvalue weighted by Crippen LogP contribution is 2.47. The summed E-state index contributed by atoms with van der Waals surface area (Å²) >= 11 is 0. The molecular weight excluding hydrogens is 512 g/mol. The summed E-state index contributed by atoms with van der Waals surface area (Å²) in [7, 11) is -4.30. The number of hydrogen-bond acceptors (Lipinski definition) is 9. The van der Waals surface area contributed by atoms with Crippen molar-refractivity contribution in [3.8, 4) is 5.75 Å². The highest BCUT2D eigenvalue weighted by atomic mass is 31.2. The normalized spacial score (nSPS) is 31.3. The van der Waals surface area contributed by atoms with Crippen LogP contribution in [-0.4, -0.2) is 57.3 Å². The maximum Gasteiger partial charge on any atom is 0.459 e. The van der Waals surface area contributed by atoms with E-state index in [4.69, 9.17) is 18.5 Å². The molecule has 2 unspecified atom stereocenters. The van der Waals surface area contributed by atoms with Crippen molar-refractivity contribution in [1.82, 2.24) is 14.6 Å². The summed E-state index contributed by atoms with van der Waals surface area (Å²) in [6.45, 7) is 3.75. The van der Waals surface area contributed by atoms with Crippen LogP contribution in [0.2, 0.25) is 0 Å². The van der Waals surface area contributed by atoms with Gasteiger partial charge in [-0.05, 0) is 38.3 Å². The second kappa shape index (κ2) is 10.5. The van der Waals surface area contributed by atoms with E-state index in [2.05, 4.69) is 5.09 Å². The number of carbonyl (C=O) groups is 1. The Kier molecular flexibility index (Phi) is 7.72. The van der Waals surface area contributed by atoms with Crippen LogP contribution in [0.1, 0.15) is 33.4 Å². The first-order chi connectivity index (χ1) is 17.4. The van der Waals surface area contributed by atoms with Crippen LogP contribution in [0.5, 0.6) is 5.75 Å². The Morgan fingerprint density at radius 2 is 2.03 bits per heavy atom. The van der Waals surface area contributed by atoms with Gasteiger partial charge in [0, 0.05) is 12.3 Å². The van der Waals surface area contributed by atoms with Gasteiger partial charge < -0.3 is 19.1 Å². The van der Waals surface area contributed by atoms with Gasteiger partial charge in [0.15, 0.2) is 11.9 Å². The number of aromatic nitrogens is 2. The third-order valence-electron chi connectivity index (χ3n) is 6.21. The van der Waals surface area contributed by atoms with Crippen molar-refractivity contribution in [2.45, 2.75) is 63.4 Å². The van der Waals surface area contributed by atoms with Gasteiger partial charge in [-0.1, -0.05) is 25.1 Å². The molecule has 1 saturated heterocycles.